The second-order valence-electron chi connectivity index (χ2n) is 7.20. The van der Waals surface area contributed by atoms with Gasteiger partial charge in [-0.1, -0.05) is 36.4 Å². The molecule has 2 aliphatic rings. The van der Waals surface area contributed by atoms with Gasteiger partial charge in [0.2, 0.25) is 0 Å². The molecule has 7 nitrogen and oxygen atoms in total. The largest absolute Gasteiger partial charge is 0.487 e. The minimum absolute atomic E-state index is 0.00607. The maximum atomic E-state index is 11.5. The number of nitrogens with one attached hydrogen (secondary N) is 1. The van der Waals surface area contributed by atoms with Gasteiger partial charge in [0.1, 0.15) is 0 Å². The van der Waals surface area contributed by atoms with Crippen molar-refractivity contribution in [2.75, 3.05) is 19.7 Å². The maximum Gasteiger partial charge on any atom is 0.311 e. The predicted octanol–water partition coefficient (Wildman–Crippen LogP) is 3.52. The van der Waals surface area contributed by atoms with E-state index in [-0.39, 0.29) is 22.6 Å². The van der Waals surface area contributed by atoms with E-state index in [0.717, 1.165) is 37.3 Å². The summed E-state index contributed by atoms with van der Waals surface area (Å²) in [5.74, 6) is 0.528. The fraction of sp³-hybridized carbons (Fsp3) is 0.381. The highest BCUT2D eigenvalue weighted by Gasteiger charge is 2.37. The van der Waals surface area contributed by atoms with Crippen LogP contribution in [0.25, 0.3) is 0 Å². The van der Waals surface area contributed by atoms with E-state index in [9.17, 15) is 10.1 Å². The molecule has 2 unspecified atom stereocenters. The van der Waals surface area contributed by atoms with Crippen LogP contribution in [0.5, 0.6) is 5.75 Å². The molecule has 0 aliphatic carbocycles. The minimum Gasteiger partial charge on any atom is -0.487 e. The summed E-state index contributed by atoms with van der Waals surface area (Å²) in [6.45, 7) is 4.97. The van der Waals surface area contributed by atoms with Crippen LogP contribution in [0.2, 0.25) is 0 Å². The number of nitro groups is 1. The second kappa shape index (κ2) is 7.98. The molecule has 2 aliphatic heterocycles. The molecule has 2 aromatic rings. The zero-order valence-electron chi connectivity index (χ0n) is 15.9. The molecule has 2 aromatic carbocycles. The van der Waals surface area contributed by atoms with Gasteiger partial charge in [-0.15, -0.1) is 0 Å². The van der Waals surface area contributed by atoms with E-state index >= 15 is 0 Å². The highest BCUT2D eigenvalue weighted by molar-refractivity contribution is 5.90. The Morgan fingerprint density at radius 3 is 2.86 bits per heavy atom. The summed E-state index contributed by atoms with van der Waals surface area (Å²) in [7, 11) is 0. The van der Waals surface area contributed by atoms with Crippen LogP contribution in [0, 0.1) is 16.0 Å². The Morgan fingerprint density at radius 2 is 2.11 bits per heavy atom. The third-order valence-electron chi connectivity index (χ3n) is 5.40. The van der Waals surface area contributed by atoms with Crippen LogP contribution in [0.4, 0.5) is 5.69 Å². The van der Waals surface area contributed by atoms with Crippen molar-refractivity contribution in [3.63, 3.8) is 0 Å². The zero-order valence-corrected chi connectivity index (χ0v) is 15.9. The Hall–Kier alpha value is -2.93. The van der Waals surface area contributed by atoms with Crippen molar-refractivity contribution < 1.29 is 9.66 Å². The average molecular weight is 380 g/mol. The topological polar surface area (TPSA) is 80.0 Å². The molecule has 0 bridgehead atoms. The Bertz CT molecular complexity index is 884. The van der Waals surface area contributed by atoms with Gasteiger partial charge in [0.05, 0.1) is 17.6 Å². The Morgan fingerprint density at radius 1 is 1.29 bits per heavy atom. The quantitative estimate of drug-likeness (QED) is 0.613. The van der Waals surface area contributed by atoms with Crippen LogP contribution < -0.4 is 10.2 Å². The van der Waals surface area contributed by atoms with Crippen molar-refractivity contribution in [2.45, 2.75) is 25.9 Å². The molecule has 146 valence electrons. The molecule has 4 rings (SSSR count). The Balaban J connectivity index is 1.53. The van der Waals surface area contributed by atoms with Crippen LogP contribution in [-0.2, 0) is 6.54 Å². The van der Waals surface area contributed by atoms with Gasteiger partial charge in [-0.3, -0.25) is 15.0 Å². The second-order valence-corrected chi connectivity index (χ2v) is 7.20. The van der Waals surface area contributed by atoms with Gasteiger partial charge in [-0.25, -0.2) is 0 Å². The number of nitro benzene ring substituents is 1. The van der Waals surface area contributed by atoms with E-state index < -0.39 is 0 Å². The lowest BCUT2D eigenvalue weighted by Crippen LogP contribution is -2.41. The molecule has 0 radical (unpaired) electrons. The molecule has 2 heterocycles. The molecule has 0 aromatic heterocycles. The van der Waals surface area contributed by atoms with Gasteiger partial charge in [-0.2, -0.15) is 5.10 Å². The van der Waals surface area contributed by atoms with Crippen molar-refractivity contribution in [2.24, 2.45) is 11.0 Å². The standard InChI is InChI=1S/C21H24N4O3/c1-2-28-20-9-8-16(12-19(20)25(26)27)21-17-14-24(11-10-18(17)22-23-21)13-15-6-4-3-5-7-15/h3-9,12,17,21,23H,2,10-11,13-14H2,1H3. The summed E-state index contributed by atoms with van der Waals surface area (Å²) in [5, 5.41) is 16.0. The lowest BCUT2D eigenvalue weighted by atomic mass is 9.86. The number of fused-ring (bicyclic) bond motifs is 1. The number of hydrogen-bond donors (Lipinski definition) is 1. The predicted molar refractivity (Wildman–Crippen MR) is 107 cm³/mol. The van der Waals surface area contributed by atoms with Crippen LogP contribution in [0.1, 0.15) is 30.5 Å². The number of benzene rings is 2. The number of likely N-dealkylation sites (tertiary alicyclic amines) is 1. The van der Waals surface area contributed by atoms with Gasteiger partial charge in [-0.05, 0) is 24.1 Å². The monoisotopic (exact) mass is 380 g/mol. The van der Waals surface area contributed by atoms with Crippen LogP contribution >= 0.6 is 0 Å². The molecule has 7 heteroatoms. The molecule has 1 saturated heterocycles. The fourth-order valence-corrected chi connectivity index (χ4v) is 4.05. The van der Waals surface area contributed by atoms with Gasteiger partial charge in [0.15, 0.2) is 5.75 Å². The van der Waals surface area contributed by atoms with E-state index in [1.165, 1.54) is 5.56 Å². The van der Waals surface area contributed by atoms with E-state index in [1.54, 1.807) is 12.1 Å². The van der Waals surface area contributed by atoms with Gasteiger partial charge in [0.25, 0.3) is 0 Å². The van der Waals surface area contributed by atoms with Crippen LogP contribution in [0.15, 0.2) is 53.6 Å². The summed E-state index contributed by atoms with van der Waals surface area (Å²) in [6.07, 6.45) is 0.917. The normalized spacial score (nSPS) is 21.5. The average Bonchev–Trinajstić information content (AvgIpc) is 3.12. The van der Waals surface area contributed by atoms with Crippen molar-refractivity contribution in [1.82, 2.24) is 10.3 Å². The zero-order chi connectivity index (χ0) is 19.5. The number of piperidine rings is 1. The number of hydrazone groups is 1. The summed E-state index contributed by atoms with van der Waals surface area (Å²) >= 11 is 0. The maximum absolute atomic E-state index is 11.5. The summed E-state index contributed by atoms with van der Waals surface area (Å²) in [4.78, 5) is 13.5. The van der Waals surface area contributed by atoms with Gasteiger partial charge < -0.3 is 10.2 Å². The molecule has 0 amide bonds. The molecule has 1 N–H and O–H groups in total. The van der Waals surface area contributed by atoms with Gasteiger partial charge >= 0.3 is 5.69 Å². The fourth-order valence-electron chi connectivity index (χ4n) is 4.05. The number of hydrogen-bond acceptors (Lipinski definition) is 6. The molecule has 0 spiro atoms. The number of ether oxygens (including phenoxy) is 1. The highest BCUT2D eigenvalue weighted by atomic mass is 16.6. The van der Waals surface area contributed by atoms with Gasteiger partial charge in [0, 0.05) is 43.8 Å². The molecular formula is C21H24N4O3. The first-order chi connectivity index (χ1) is 13.7. The molecular weight excluding hydrogens is 356 g/mol. The van der Waals surface area contributed by atoms with Crippen molar-refractivity contribution in [3.05, 3.63) is 69.8 Å². The summed E-state index contributed by atoms with van der Waals surface area (Å²) < 4.78 is 5.41. The first-order valence-electron chi connectivity index (χ1n) is 9.65. The smallest absolute Gasteiger partial charge is 0.311 e. The molecule has 2 atom stereocenters. The first-order valence-corrected chi connectivity index (χ1v) is 9.65. The lowest BCUT2D eigenvalue weighted by molar-refractivity contribution is -0.385. The highest BCUT2D eigenvalue weighted by Crippen LogP contribution is 2.37. The van der Waals surface area contributed by atoms with E-state index in [0.29, 0.717) is 12.4 Å². The number of nitrogens with zero attached hydrogens (tertiary/aromatic N) is 3. The molecule has 0 saturated carbocycles. The third-order valence-corrected chi connectivity index (χ3v) is 5.40. The van der Waals surface area contributed by atoms with E-state index in [4.69, 9.17) is 4.74 Å². The lowest BCUT2D eigenvalue weighted by Gasteiger charge is -2.33. The van der Waals surface area contributed by atoms with Crippen molar-refractivity contribution in [1.29, 1.82) is 0 Å². The summed E-state index contributed by atoms with van der Waals surface area (Å²) in [5.41, 5.74) is 6.55. The van der Waals surface area contributed by atoms with E-state index in [2.05, 4.69) is 39.7 Å². The molecule has 1 fully saturated rings. The van der Waals surface area contributed by atoms with Crippen molar-refractivity contribution >= 4 is 11.4 Å². The molecule has 28 heavy (non-hydrogen) atoms. The minimum atomic E-state index is -0.381. The number of rotatable bonds is 6. The van der Waals surface area contributed by atoms with Crippen LogP contribution in [-0.4, -0.2) is 35.2 Å². The Kier molecular flexibility index (Phi) is 5.25. The summed E-state index contributed by atoms with van der Waals surface area (Å²) in [6, 6.07) is 15.6. The van der Waals surface area contributed by atoms with Crippen LogP contribution in [0.3, 0.4) is 0 Å². The SMILES string of the molecule is CCOc1ccc(C2NN=C3CCN(Cc4ccccc4)CC32)cc1[N+](=O)[O-]. The third kappa shape index (κ3) is 3.71. The van der Waals surface area contributed by atoms with Crippen molar-refractivity contribution in [3.8, 4) is 5.75 Å². The van der Waals surface area contributed by atoms with E-state index in [1.807, 2.05) is 19.1 Å². The first kappa shape index (κ1) is 18.4. The Labute approximate surface area is 164 Å².